The van der Waals surface area contributed by atoms with Crippen molar-refractivity contribution in [3.05, 3.63) is 64.7 Å². The number of methoxy groups -OCH3 is 1. The van der Waals surface area contributed by atoms with Gasteiger partial charge in [-0.15, -0.1) is 0 Å². The van der Waals surface area contributed by atoms with Crippen molar-refractivity contribution in [2.45, 2.75) is 13.5 Å². The fraction of sp³-hybridized carbons (Fsp3) is 0.318. The fourth-order valence-electron chi connectivity index (χ4n) is 3.17. The maximum absolute atomic E-state index is 12.6. The van der Waals surface area contributed by atoms with Crippen LogP contribution in [0.15, 0.2) is 53.3 Å². The minimum atomic E-state index is -0.180. The molecule has 8 nitrogen and oxygen atoms in total. The monoisotopic (exact) mass is 411 g/mol. The number of hydrogen-bond donors (Lipinski definition) is 3. The van der Waals surface area contributed by atoms with Crippen LogP contribution in [-0.4, -0.2) is 49.3 Å². The van der Waals surface area contributed by atoms with Crippen molar-refractivity contribution < 1.29 is 19.2 Å². The molecule has 0 radical (unpaired) electrons. The quantitative estimate of drug-likeness (QED) is 0.462. The molecule has 0 aliphatic heterocycles. The average Bonchev–Trinajstić information content (AvgIpc) is 2.73. The van der Waals surface area contributed by atoms with E-state index >= 15 is 0 Å². The third-order valence-corrected chi connectivity index (χ3v) is 4.60. The van der Waals surface area contributed by atoms with Crippen LogP contribution in [0.5, 0.6) is 5.75 Å². The molecule has 1 atom stereocenters. The number of aromatic amines is 1. The number of ether oxygens (including phenoxy) is 2. The highest BCUT2D eigenvalue weighted by atomic mass is 16.5. The SMILES string of the molecule is CCOc1ccc(NC(=O)C[NH+](CCOC)Cc2nc3ccccc3c(=O)[nH]2)cc1. The number of anilines is 1. The summed E-state index contributed by atoms with van der Waals surface area (Å²) in [6, 6.07) is 14.4. The summed E-state index contributed by atoms with van der Waals surface area (Å²) in [6.07, 6.45) is 0. The number of quaternary nitrogens is 1. The molecule has 0 aliphatic rings. The summed E-state index contributed by atoms with van der Waals surface area (Å²) in [4.78, 5) is 33.2. The molecule has 1 heterocycles. The third kappa shape index (κ3) is 5.88. The third-order valence-electron chi connectivity index (χ3n) is 4.60. The highest BCUT2D eigenvalue weighted by molar-refractivity contribution is 5.91. The van der Waals surface area contributed by atoms with E-state index in [0.717, 1.165) is 10.6 Å². The maximum Gasteiger partial charge on any atom is 0.279 e. The number of benzene rings is 2. The van der Waals surface area contributed by atoms with Crippen molar-refractivity contribution >= 4 is 22.5 Å². The van der Waals surface area contributed by atoms with E-state index in [1.807, 2.05) is 31.2 Å². The van der Waals surface area contributed by atoms with Crippen molar-refractivity contribution in [1.29, 1.82) is 0 Å². The summed E-state index contributed by atoms with van der Waals surface area (Å²) < 4.78 is 10.6. The van der Waals surface area contributed by atoms with E-state index < -0.39 is 0 Å². The molecule has 2 aromatic carbocycles. The highest BCUT2D eigenvalue weighted by Gasteiger charge is 2.17. The molecule has 1 aromatic heterocycles. The van der Waals surface area contributed by atoms with E-state index in [2.05, 4.69) is 15.3 Å². The number of carbonyl (C=O) groups is 1. The number of aromatic nitrogens is 2. The number of carbonyl (C=O) groups excluding carboxylic acids is 1. The lowest BCUT2D eigenvalue weighted by Gasteiger charge is -2.18. The van der Waals surface area contributed by atoms with Crippen molar-refractivity contribution in [2.24, 2.45) is 0 Å². The van der Waals surface area contributed by atoms with E-state index in [1.54, 1.807) is 31.4 Å². The van der Waals surface area contributed by atoms with Gasteiger partial charge < -0.3 is 24.7 Å². The van der Waals surface area contributed by atoms with Gasteiger partial charge in [0.2, 0.25) is 0 Å². The smallest absolute Gasteiger partial charge is 0.279 e. The van der Waals surface area contributed by atoms with Gasteiger partial charge in [-0.05, 0) is 43.3 Å². The van der Waals surface area contributed by atoms with Crippen LogP contribution in [0.2, 0.25) is 0 Å². The first kappa shape index (κ1) is 21.5. The van der Waals surface area contributed by atoms with Crippen molar-refractivity contribution in [3.63, 3.8) is 0 Å². The first-order valence-electron chi connectivity index (χ1n) is 9.92. The minimum absolute atomic E-state index is 0.131. The predicted molar refractivity (Wildman–Crippen MR) is 115 cm³/mol. The molecule has 3 N–H and O–H groups in total. The molecule has 1 amide bonds. The Balaban J connectivity index is 1.68. The van der Waals surface area contributed by atoms with Gasteiger partial charge in [0.15, 0.2) is 12.4 Å². The van der Waals surface area contributed by atoms with Crippen LogP contribution in [0, 0.1) is 0 Å². The van der Waals surface area contributed by atoms with Gasteiger partial charge >= 0.3 is 0 Å². The van der Waals surface area contributed by atoms with E-state index in [4.69, 9.17) is 9.47 Å². The van der Waals surface area contributed by atoms with Crippen LogP contribution in [-0.2, 0) is 16.1 Å². The molecule has 1 unspecified atom stereocenters. The standard InChI is InChI=1S/C22H26N4O4/c1-3-30-17-10-8-16(9-11-17)23-21(27)15-26(12-13-29-2)14-20-24-19-7-5-4-6-18(19)22(28)25-20/h4-11H,3,12-15H2,1-2H3,(H,23,27)(H,24,25,28)/p+1. The molecule has 3 aromatic rings. The van der Waals surface area contributed by atoms with Crippen molar-refractivity contribution in [3.8, 4) is 5.75 Å². The number of para-hydroxylation sites is 1. The van der Waals surface area contributed by atoms with E-state index in [-0.39, 0.29) is 18.0 Å². The Labute approximate surface area is 174 Å². The summed E-state index contributed by atoms with van der Waals surface area (Å²) in [5, 5.41) is 3.45. The van der Waals surface area contributed by atoms with E-state index in [0.29, 0.717) is 48.7 Å². The average molecular weight is 411 g/mol. The Hall–Kier alpha value is -3.23. The fourth-order valence-corrected chi connectivity index (χ4v) is 3.17. The molecule has 0 aliphatic carbocycles. The molecular formula is C22H27N4O4+. The number of hydrogen-bond acceptors (Lipinski definition) is 5. The molecule has 0 spiro atoms. The first-order chi connectivity index (χ1) is 14.6. The highest BCUT2D eigenvalue weighted by Crippen LogP contribution is 2.15. The molecule has 3 rings (SSSR count). The molecule has 8 heteroatoms. The topological polar surface area (TPSA) is 97.8 Å². The number of nitrogens with one attached hydrogen (secondary N) is 3. The van der Waals surface area contributed by atoms with Gasteiger partial charge in [-0.25, -0.2) is 4.98 Å². The number of rotatable bonds is 10. The number of fused-ring (bicyclic) bond motifs is 1. The Morgan fingerprint density at radius 2 is 1.93 bits per heavy atom. The van der Waals surface area contributed by atoms with Crippen molar-refractivity contribution in [1.82, 2.24) is 9.97 Å². The molecule has 0 bridgehead atoms. The van der Waals surface area contributed by atoms with Gasteiger partial charge in [-0.2, -0.15) is 0 Å². The summed E-state index contributed by atoms with van der Waals surface area (Å²) in [5.41, 5.74) is 1.16. The lowest BCUT2D eigenvalue weighted by Crippen LogP contribution is -3.12. The summed E-state index contributed by atoms with van der Waals surface area (Å²) in [6.45, 7) is 4.22. The van der Waals surface area contributed by atoms with Crippen LogP contribution < -0.4 is 20.5 Å². The van der Waals surface area contributed by atoms with Crippen molar-refractivity contribution in [2.75, 3.05) is 38.7 Å². The van der Waals surface area contributed by atoms with Gasteiger partial charge in [0, 0.05) is 12.8 Å². The molecular weight excluding hydrogens is 384 g/mol. The van der Waals surface area contributed by atoms with Gasteiger partial charge in [0.05, 0.1) is 24.1 Å². The van der Waals surface area contributed by atoms with Crippen LogP contribution in [0.3, 0.4) is 0 Å². The van der Waals surface area contributed by atoms with Gasteiger partial charge in [0.25, 0.3) is 11.5 Å². The van der Waals surface area contributed by atoms with Gasteiger partial charge in [-0.1, -0.05) is 12.1 Å². The van der Waals surface area contributed by atoms with Gasteiger partial charge in [-0.3, -0.25) is 9.59 Å². The summed E-state index contributed by atoms with van der Waals surface area (Å²) in [7, 11) is 1.62. The zero-order chi connectivity index (χ0) is 21.3. The Morgan fingerprint density at radius 1 is 1.17 bits per heavy atom. The first-order valence-corrected chi connectivity index (χ1v) is 9.92. The maximum atomic E-state index is 12.6. The largest absolute Gasteiger partial charge is 0.494 e. The second-order valence-electron chi connectivity index (χ2n) is 6.88. The summed E-state index contributed by atoms with van der Waals surface area (Å²) >= 11 is 0. The molecule has 158 valence electrons. The Morgan fingerprint density at radius 3 is 2.67 bits per heavy atom. The van der Waals surface area contributed by atoms with Crippen LogP contribution in [0.25, 0.3) is 10.9 Å². The van der Waals surface area contributed by atoms with Crippen LogP contribution in [0.4, 0.5) is 5.69 Å². The Bertz CT molecular complexity index is 1030. The molecule has 0 fully saturated rings. The van der Waals surface area contributed by atoms with Crippen LogP contribution >= 0.6 is 0 Å². The Kier molecular flexibility index (Phi) is 7.53. The number of H-pyrrole nitrogens is 1. The second kappa shape index (κ2) is 10.5. The normalized spacial score (nSPS) is 11.9. The molecule has 0 saturated heterocycles. The van der Waals surface area contributed by atoms with E-state index in [9.17, 15) is 9.59 Å². The summed E-state index contributed by atoms with van der Waals surface area (Å²) in [5.74, 6) is 1.17. The zero-order valence-electron chi connectivity index (χ0n) is 17.2. The minimum Gasteiger partial charge on any atom is -0.494 e. The van der Waals surface area contributed by atoms with E-state index in [1.165, 1.54) is 0 Å². The van der Waals surface area contributed by atoms with Gasteiger partial charge in [0.1, 0.15) is 18.8 Å². The lowest BCUT2D eigenvalue weighted by atomic mass is 10.2. The lowest BCUT2D eigenvalue weighted by molar-refractivity contribution is -0.906. The molecule has 30 heavy (non-hydrogen) atoms. The number of nitrogens with zero attached hydrogens (tertiary/aromatic N) is 1. The van der Waals surface area contributed by atoms with Crippen LogP contribution in [0.1, 0.15) is 12.7 Å². The molecule has 0 saturated carbocycles. The zero-order valence-corrected chi connectivity index (χ0v) is 17.2. The number of amides is 1. The second-order valence-corrected chi connectivity index (χ2v) is 6.88. The predicted octanol–water partition coefficient (Wildman–Crippen LogP) is 0.992.